The van der Waals surface area contributed by atoms with Crippen molar-refractivity contribution in [1.82, 2.24) is 5.32 Å². The molecule has 1 N–H and O–H groups in total. The van der Waals surface area contributed by atoms with Crippen molar-refractivity contribution in [2.45, 2.75) is 0 Å². The Balaban J connectivity index is 1.44. The van der Waals surface area contributed by atoms with Crippen molar-refractivity contribution in [3.8, 4) is 29.1 Å². The molecule has 0 unspecified atom stereocenters. The second-order valence-electron chi connectivity index (χ2n) is 4.82. The lowest BCUT2D eigenvalue weighted by Crippen LogP contribution is -2.24. The fourth-order valence-corrected chi connectivity index (χ4v) is 2.70. The average Bonchev–Trinajstić information content (AvgIpc) is 3.06. The molecule has 0 aromatic heterocycles. The highest BCUT2D eigenvalue weighted by Crippen LogP contribution is 2.34. The van der Waals surface area contributed by atoms with Crippen molar-refractivity contribution in [1.29, 1.82) is 0 Å². The summed E-state index contributed by atoms with van der Waals surface area (Å²) >= 11 is 2.13. The molecule has 0 fully saturated rings. The molecule has 0 radical (unpaired) electrons. The Kier molecular flexibility index (Phi) is 5.43. The van der Waals surface area contributed by atoms with E-state index in [1.807, 2.05) is 18.2 Å². The van der Waals surface area contributed by atoms with E-state index in [1.165, 1.54) is 0 Å². The van der Waals surface area contributed by atoms with Crippen molar-refractivity contribution in [2.75, 3.05) is 19.9 Å². The summed E-state index contributed by atoms with van der Waals surface area (Å²) in [5.74, 6) is 7.64. The van der Waals surface area contributed by atoms with Crippen molar-refractivity contribution in [3.05, 3.63) is 51.6 Å². The van der Waals surface area contributed by atoms with Crippen LogP contribution in [0.2, 0.25) is 0 Å². The molecule has 0 aliphatic carbocycles. The highest BCUT2D eigenvalue weighted by atomic mass is 127. The van der Waals surface area contributed by atoms with Gasteiger partial charge in [0.1, 0.15) is 12.4 Å². The van der Waals surface area contributed by atoms with Crippen LogP contribution in [0.3, 0.4) is 0 Å². The first-order valence-electron chi connectivity index (χ1n) is 7.25. The number of hydrogen-bond donors (Lipinski definition) is 1. The van der Waals surface area contributed by atoms with Gasteiger partial charge < -0.3 is 19.5 Å². The Morgan fingerprint density at radius 2 is 2.00 bits per heavy atom. The predicted octanol–water partition coefficient (Wildman–Crippen LogP) is 2.83. The average molecular weight is 435 g/mol. The Hall–Kier alpha value is -2.40. The summed E-state index contributed by atoms with van der Waals surface area (Å²) in [7, 11) is 0. The summed E-state index contributed by atoms with van der Waals surface area (Å²) < 4.78 is 16.9. The van der Waals surface area contributed by atoms with Crippen molar-refractivity contribution >= 4 is 28.5 Å². The molecule has 3 rings (SSSR count). The van der Waals surface area contributed by atoms with Gasteiger partial charge in [0.2, 0.25) is 6.79 Å². The van der Waals surface area contributed by atoms with Gasteiger partial charge in [0.05, 0.1) is 12.1 Å². The maximum atomic E-state index is 12.0. The molecule has 0 spiro atoms. The topological polar surface area (TPSA) is 56.8 Å². The molecule has 0 bridgehead atoms. The van der Waals surface area contributed by atoms with Crippen LogP contribution in [0.4, 0.5) is 0 Å². The molecular weight excluding hydrogens is 421 g/mol. The lowest BCUT2D eigenvalue weighted by Gasteiger charge is -2.04. The fraction of sp³-hybridized carbons (Fsp3) is 0.167. The van der Waals surface area contributed by atoms with Crippen LogP contribution in [0, 0.1) is 15.4 Å². The van der Waals surface area contributed by atoms with Crippen molar-refractivity contribution in [2.24, 2.45) is 0 Å². The van der Waals surface area contributed by atoms with Crippen molar-refractivity contribution < 1.29 is 19.0 Å². The number of halogens is 1. The van der Waals surface area contributed by atoms with E-state index in [9.17, 15) is 4.79 Å². The molecule has 1 aliphatic heterocycles. The fourth-order valence-electron chi connectivity index (χ4n) is 2.06. The van der Waals surface area contributed by atoms with Gasteiger partial charge >= 0.3 is 0 Å². The molecule has 0 atom stereocenters. The number of rotatable bonds is 4. The third-order valence-corrected chi connectivity index (χ3v) is 4.18. The van der Waals surface area contributed by atoms with E-state index in [0.717, 1.165) is 3.57 Å². The lowest BCUT2D eigenvalue weighted by atomic mass is 10.2. The summed E-state index contributed by atoms with van der Waals surface area (Å²) in [6.45, 7) is 0.741. The lowest BCUT2D eigenvalue weighted by molar-refractivity contribution is 0.0958. The quantitative estimate of drug-likeness (QED) is 0.593. The van der Waals surface area contributed by atoms with Crippen molar-refractivity contribution in [3.63, 3.8) is 0 Å². The predicted molar refractivity (Wildman–Crippen MR) is 97.3 cm³/mol. The van der Waals surface area contributed by atoms with Gasteiger partial charge in [-0.25, -0.2) is 0 Å². The molecule has 122 valence electrons. The first kappa shape index (κ1) is 16.5. The Labute approximate surface area is 153 Å². The zero-order valence-electron chi connectivity index (χ0n) is 12.7. The number of carbonyl (C=O) groups excluding carboxylic acids is 1. The van der Waals surface area contributed by atoms with Gasteiger partial charge in [-0.1, -0.05) is 24.0 Å². The number of carbonyl (C=O) groups is 1. The van der Waals surface area contributed by atoms with Gasteiger partial charge in [0.25, 0.3) is 5.91 Å². The molecule has 1 heterocycles. The van der Waals surface area contributed by atoms with E-state index in [2.05, 4.69) is 39.7 Å². The highest BCUT2D eigenvalue weighted by Gasteiger charge is 2.13. The van der Waals surface area contributed by atoms with Gasteiger partial charge in [-0.2, -0.15) is 0 Å². The highest BCUT2D eigenvalue weighted by molar-refractivity contribution is 14.1. The van der Waals surface area contributed by atoms with Gasteiger partial charge in [0.15, 0.2) is 11.5 Å². The summed E-state index contributed by atoms with van der Waals surface area (Å²) in [5, 5.41) is 2.76. The summed E-state index contributed by atoms with van der Waals surface area (Å²) in [4.78, 5) is 12.0. The van der Waals surface area contributed by atoms with Crippen LogP contribution in [0.1, 0.15) is 10.4 Å². The summed E-state index contributed by atoms with van der Waals surface area (Å²) in [6, 6.07) is 12.8. The number of hydrogen-bond acceptors (Lipinski definition) is 4. The minimum absolute atomic E-state index is 0.133. The summed E-state index contributed by atoms with van der Waals surface area (Å²) in [6.07, 6.45) is 0. The van der Waals surface area contributed by atoms with E-state index >= 15 is 0 Å². The third kappa shape index (κ3) is 4.11. The monoisotopic (exact) mass is 435 g/mol. The van der Waals surface area contributed by atoms with Gasteiger partial charge in [-0.05, 0) is 46.9 Å². The molecule has 24 heavy (non-hydrogen) atoms. The molecule has 6 heteroatoms. The number of nitrogens with one attached hydrogen (secondary N) is 1. The van der Waals surface area contributed by atoms with Crippen LogP contribution in [-0.4, -0.2) is 25.9 Å². The number of ether oxygens (including phenoxy) is 3. The van der Waals surface area contributed by atoms with E-state index in [0.29, 0.717) is 22.8 Å². The molecule has 0 saturated carbocycles. The Bertz CT molecular complexity index is 810. The smallest absolute Gasteiger partial charge is 0.253 e. The van der Waals surface area contributed by atoms with Gasteiger partial charge in [0, 0.05) is 9.64 Å². The molecule has 1 amide bonds. The molecule has 5 nitrogen and oxygen atoms in total. The zero-order valence-corrected chi connectivity index (χ0v) is 14.8. The van der Waals surface area contributed by atoms with Crippen LogP contribution in [0.15, 0.2) is 42.5 Å². The maximum Gasteiger partial charge on any atom is 0.253 e. The minimum Gasteiger partial charge on any atom is -0.481 e. The second-order valence-corrected chi connectivity index (χ2v) is 5.98. The van der Waals surface area contributed by atoms with E-state index in [-0.39, 0.29) is 25.9 Å². The molecule has 1 aliphatic rings. The van der Waals surface area contributed by atoms with Crippen LogP contribution in [0.5, 0.6) is 17.2 Å². The Morgan fingerprint density at radius 3 is 2.88 bits per heavy atom. The van der Waals surface area contributed by atoms with Crippen LogP contribution in [-0.2, 0) is 0 Å². The molecule has 0 saturated heterocycles. The number of amides is 1. The SMILES string of the molecule is O=C(NCC#CCOc1ccc2c(c1)OCO2)c1ccccc1I. The third-order valence-electron chi connectivity index (χ3n) is 3.24. The standard InChI is InChI=1S/C18H14INO4/c19-15-6-2-1-5-14(15)18(21)20-9-3-4-10-22-13-7-8-16-17(11-13)24-12-23-16/h1-2,5-8,11H,9-10,12H2,(H,20,21). The first-order chi connectivity index (χ1) is 11.7. The van der Waals surface area contributed by atoms with E-state index in [1.54, 1.807) is 24.3 Å². The molecule has 2 aromatic rings. The minimum atomic E-state index is -0.133. The van der Waals surface area contributed by atoms with E-state index < -0.39 is 0 Å². The van der Waals surface area contributed by atoms with Gasteiger partial charge in [-0.15, -0.1) is 0 Å². The maximum absolute atomic E-state index is 12.0. The molecular formula is C18H14INO4. The summed E-state index contributed by atoms with van der Waals surface area (Å²) in [5.41, 5.74) is 0.650. The first-order valence-corrected chi connectivity index (χ1v) is 8.33. The zero-order chi connectivity index (χ0) is 16.8. The van der Waals surface area contributed by atoms with Gasteiger partial charge in [-0.3, -0.25) is 4.79 Å². The van der Waals surface area contributed by atoms with Crippen LogP contribution >= 0.6 is 22.6 Å². The largest absolute Gasteiger partial charge is 0.481 e. The second kappa shape index (κ2) is 7.93. The van der Waals surface area contributed by atoms with E-state index in [4.69, 9.17) is 14.2 Å². The number of fused-ring (bicyclic) bond motifs is 1. The van der Waals surface area contributed by atoms with Crippen LogP contribution in [0.25, 0.3) is 0 Å². The molecule has 2 aromatic carbocycles. The normalized spacial score (nSPS) is 11.4. The number of benzene rings is 2. The van der Waals surface area contributed by atoms with Crippen LogP contribution < -0.4 is 19.5 Å². The Morgan fingerprint density at radius 1 is 1.17 bits per heavy atom.